The molecule has 3 nitrogen and oxygen atoms in total. The summed E-state index contributed by atoms with van der Waals surface area (Å²) in [5.74, 6) is 0.894. The topological polar surface area (TPSA) is 48.1 Å². The average Bonchev–Trinajstić information content (AvgIpc) is 2.79. The molecule has 0 fully saturated rings. The van der Waals surface area contributed by atoms with Gasteiger partial charge in [-0.15, -0.1) is 11.3 Å². The second-order valence-corrected chi connectivity index (χ2v) is 6.69. The van der Waals surface area contributed by atoms with E-state index in [9.17, 15) is 0 Å². The Kier molecular flexibility index (Phi) is 5.57. The van der Waals surface area contributed by atoms with E-state index in [0.29, 0.717) is 6.61 Å². The maximum Gasteiger partial charge on any atom is 0.119 e. The van der Waals surface area contributed by atoms with Gasteiger partial charge in [-0.3, -0.25) is 0 Å². The summed E-state index contributed by atoms with van der Waals surface area (Å²) in [6.45, 7) is 4.71. The van der Waals surface area contributed by atoms with Crippen molar-refractivity contribution < 1.29 is 4.74 Å². The van der Waals surface area contributed by atoms with Crippen molar-refractivity contribution in [2.75, 3.05) is 6.61 Å². The summed E-state index contributed by atoms with van der Waals surface area (Å²) < 4.78 is 6.91. The van der Waals surface area contributed by atoms with Crippen LogP contribution in [0, 0.1) is 6.92 Å². The SMILES string of the molecule is Cc1ncsc1CCOc1ccc(Br)c(CC(C)N)c1. The molecule has 0 aliphatic rings. The van der Waals surface area contributed by atoms with Crippen molar-refractivity contribution in [2.45, 2.75) is 32.7 Å². The second-order valence-electron chi connectivity index (χ2n) is 4.89. The molecule has 0 saturated carbocycles. The van der Waals surface area contributed by atoms with Crippen molar-refractivity contribution in [1.82, 2.24) is 4.98 Å². The Morgan fingerprint density at radius 2 is 2.25 bits per heavy atom. The molecule has 1 unspecified atom stereocenters. The molecule has 1 heterocycles. The highest BCUT2D eigenvalue weighted by atomic mass is 79.9. The van der Waals surface area contributed by atoms with E-state index in [1.165, 1.54) is 10.4 Å². The zero-order chi connectivity index (χ0) is 14.5. The molecule has 0 radical (unpaired) electrons. The second kappa shape index (κ2) is 7.20. The zero-order valence-corrected chi connectivity index (χ0v) is 14.1. The van der Waals surface area contributed by atoms with Gasteiger partial charge in [-0.05, 0) is 44.0 Å². The summed E-state index contributed by atoms with van der Waals surface area (Å²) in [5, 5.41) is 0. The Morgan fingerprint density at radius 3 is 2.90 bits per heavy atom. The standard InChI is InChI=1S/C15H19BrN2OS/c1-10(17)7-12-8-13(3-4-14(12)16)19-6-5-15-11(2)18-9-20-15/h3-4,8-10H,5-7,17H2,1-2H3. The van der Waals surface area contributed by atoms with E-state index in [4.69, 9.17) is 10.5 Å². The van der Waals surface area contributed by atoms with Crippen LogP contribution in [0.1, 0.15) is 23.1 Å². The Bertz CT molecular complexity index is 569. The van der Waals surface area contributed by atoms with Gasteiger partial charge in [0.15, 0.2) is 0 Å². The largest absolute Gasteiger partial charge is 0.493 e. The van der Waals surface area contributed by atoms with Crippen LogP contribution in [-0.2, 0) is 12.8 Å². The Morgan fingerprint density at radius 1 is 1.45 bits per heavy atom. The van der Waals surface area contributed by atoms with Crippen LogP contribution in [0.5, 0.6) is 5.75 Å². The summed E-state index contributed by atoms with van der Waals surface area (Å²) in [6.07, 6.45) is 1.74. The summed E-state index contributed by atoms with van der Waals surface area (Å²) in [7, 11) is 0. The molecule has 1 atom stereocenters. The number of thiazole rings is 1. The Balaban J connectivity index is 1.94. The molecule has 0 aliphatic heterocycles. The van der Waals surface area contributed by atoms with E-state index in [0.717, 1.165) is 28.8 Å². The molecule has 2 aromatic rings. The van der Waals surface area contributed by atoms with Gasteiger partial charge in [0.25, 0.3) is 0 Å². The third kappa shape index (κ3) is 4.30. The molecule has 1 aromatic carbocycles. The highest BCUT2D eigenvalue weighted by Gasteiger charge is 2.06. The quantitative estimate of drug-likeness (QED) is 0.859. The average molecular weight is 355 g/mol. The number of hydrogen-bond acceptors (Lipinski definition) is 4. The number of benzene rings is 1. The molecule has 0 bridgehead atoms. The van der Waals surface area contributed by atoms with Crippen molar-refractivity contribution in [1.29, 1.82) is 0 Å². The maximum atomic E-state index is 5.86. The molecule has 0 amide bonds. The first kappa shape index (κ1) is 15.5. The molecule has 0 aliphatic carbocycles. The number of aromatic nitrogens is 1. The van der Waals surface area contributed by atoms with Gasteiger partial charge in [0.2, 0.25) is 0 Å². The summed E-state index contributed by atoms with van der Waals surface area (Å²) in [5.41, 5.74) is 10.0. The molecular formula is C15H19BrN2OS. The van der Waals surface area contributed by atoms with Crippen LogP contribution in [0.4, 0.5) is 0 Å². The minimum absolute atomic E-state index is 0.140. The van der Waals surface area contributed by atoms with Crippen LogP contribution < -0.4 is 10.5 Å². The van der Waals surface area contributed by atoms with Crippen molar-refractivity contribution in [3.63, 3.8) is 0 Å². The number of hydrogen-bond donors (Lipinski definition) is 1. The van der Waals surface area contributed by atoms with Crippen molar-refractivity contribution >= 4 is 27.3 Å². The molecular weight excluding hydrogens is 336 g/mol. The van der Waals surface area contributed by atoms with Gasteiger partial charge in [-0.25, -0.2) is 4.98 Å². The lowest BCUT2D eigenvalue weighted by atomic mass is 10.1. The van der Waals surface area contributed by atoms with Crippen molar-refractivity contribution in [3.05, 3.63) is 44.3 Å². The molecule has 0 spiro atoms. The highest BCUT2D eigenvalue weighted by molar-refractivity contribution is 9.10. The van der Waals surface area contributed by atoms with Gasteiger partial charge in [0.1, 0.15) is 5.75 Å². The van der Waals surface area contributed by atoms with E-state index in [1.807, 2.05) is 31.5 Å². The third-order valence-electron chi connectivity index (χ3n) is 3.00. The summed E-state index contributed by atoms with van der Waals surface area (Å²) in [4.78, 5) is 5.53. The molecule has 0 saturated heterocycles. The number of ether oxygens (including phenoxy) is 1. The maximum absolute atomic E-state index is 5.86. The lowest BCUT2D eigenvalue weighted by Gasteiger charge is -2.11. The van der Waals surface area contributed by atoms with Gasteiger partial charge < -0.3 is 10.5 Å². The van der Waals surface area contributed by atoms with Crippen LogP contribution in [0.15, 0.2) is 28.2 Å². The van der Waals surface area contributed by atoms with Crippen LogP contribution in [0.25, 0.3) is 0 Å². The smallest absolute Gasteiger partial charge is 0.119 e. The van der Waals surface area contributed by atoms with E-state index < -0.39 is 0 Å². The van der Waals surface area contributed by atoms with Gasteiger partial charge in [-0.1, -0.05) is 15.9 Å². The molecule has 5 heteroatoms. The number of rotatable bonds is 6. The van der Waals surface area contributed by atoms with E-state index in [1.54, 1.807) is 11.3 Å². The van der Waals surface area contributed by atoms with Gasteiger partial charge in [-0.2, -0.15) is 0 Å². The van der Waals surface area contributed by atoms with E-state index >= 15 is 0 Å². The van der Waals surface area contributed by atoms with Crippen LogP contribution in [-0.4, -0.2) is 17.6 Å². The predicted molar refractivity (Wildman–Crippen MR) is 87.5 cm³/mol. The van der Waals surface area contributed by atoms with Crippen molar-refractivity contribution in [3.8, 4) is 5.75 Å². The molecule has 2 N–H and O–H groups in total. The van der Waals surface area contributed by atoms with Gasteiger partial charge in [0, 0.05) is 21.8 Å². The minimum Gasteiger partial charge on any atom is -0.493 e. The van der Waals surface area contributed by atoms with Crippen LogP contribution in [0.3, 0.4) is 0 Å². The number of nitrogens with zero attached hydrogens (tertiary/aromatic N) is 1. The summed E-state index contributed by atoms with van der Waals surface area (Å²) >= 11 is 5.23. The minimum atomic E-state index is 0.140. The molecule has 20 heavy (non-hydrogen) atoms. The highest BCUT2D eigenvalue weighted by Crippen LogP contribution is 2.24. The molecule has 1 aromatic heterocycles. The van der Waals surface area contributed by atoms with Crippen LogP contribution >= 0.6 is 27.3 Å². The van der Waals surface area contributed by atoms with Gasteiger partial charge >= 0.3 is 0 Å². The van der Waals surface area contributed by atoms with Crippen LogP contribution in [0.2, 0.25) is 0 Å². The monoisotopic (exact) mass is 354 g/mol. The Hall–Kier alpha value is -0.910. The zero-order valence-electron chi connectivity index (χ0n) is 11.7. The first-order valence-corrected chi connectivity index (χ1v) is 8.29. The predicted octanol–water partition coefficient (Wildman–Crippen LogP) is 3.73. The van der Waals surface area contributed by atoms with E-state index in [2.05, 4.69) is 27.0 Å². The summed E-state index contributed by atoms with van der Waals surface area (Å²) in [6, 6.07) is 6.20. The fraction of sp³-hybridized carbons (Fsp3) is 0.400. The number of nitrogens with two attached hydrogens (primary N) is 1. The van der Waals surface area contributed by atoms with Gasteiger partial charge in [0.05, 0.1) is 17.8 Å². The lowest BCUT2D eigenvalue weighted by molar-refractivity contribution is 0.322. The lowest BCUT2D eigenvalue weighted by Crippen LogP contribution is -2.18. The van der Waals surface area contributed by atoms with Crippen molar-refractivity contribution in [2.24, 2.45) is 5.73 Å². The fourth-order valence-corrected chi connectivity index (χ4v) is 3.14. The molecule has 108 valence electrons. The fourth-order valence-electron chi connectivity index (χ4n) is 1.97. The molecule has 2 rings (SSSR count). The number of aryl methyl sites for hydroxylation is 1. The normalized spacial score (nSPS) is 12.4. The number of halogens is 1. The van der Waals surface area contributed by atoms with E-state index in [-0.39, 0.29) is 6.04 Å². The Labute approximate surface area is 132 Å². The first-order chi connectivity index (χ1) is 9.56. The third-order valence-corrected chi connectivity index (χ3v) is 4.77. The first-order valence-electron chi connectivity index (χ1n) is 6.62.